The molecule has 19 heavy (non-hydrogen) atoms. The molecule has 2 rings (SSSR count). The SMILES string of the molecule is C=CCNC(=O)OCCn1sc2ccccc2c1=O. The predicted octanol–water partition coefficient (Wildman–Crippen LogP) is 1.98. The Labute approximate surface area is 114 Å². The third-order valence-corrected chi connectivity index (χ3v) is 3.59. The van der Waals surface area contributed by atoms with E-state index in [1.54, 1.807) is 16.1 Å². The van der Waals surface area contributed by atoms with Crippen molar-refractivity contribution in [3.8, 4) is 0 Å². The summed E-state index contributed by atoms with van der Waals surface area (Å²) in [6.45, 7) is 4.37. The van der Waals surface area contributed by atoms with E-state index >= 15 is 0 Å². The first-order chi connectivity index (χ1) is 9.22. The topological polar surface area (TPSA) is 60.3 Å². The molecular formula is C13H14N2O3S. The number of ether oxygens (including phenoxy) is 1. The quantitative estimate of drug-likeness (QED) is 0.851. The molecule has 1 heterocycles. The second-order valence-corrected chi connectivity index (χ2v) is 4.86. The monoisotopic (exact) mass is 278 g/mol. The fourth-order valence-corrected chi connectivity index (χ4v) is 2.57. The van der Waals surface area contributed by atoms with Crippen molar-refractivity contribution in [2.24, 2.45) is 0 Å². The van der Waals surface area contributed by atoms with E-state index in [9.17, 15) is 9.59 Å². The van der Waals surface area contributed by atoms with Crippen LogP contribution in [0, 0.1) is 0 Å². The Morgan fingerprint density at radius 2 is 2.26 bits per heavy atom. The summed E-state index contributed by atoms with van der Waals surface area (Å²) in [6.07, 6.45) is 1.06. The number of benzene rings is 1. The van der Waals surface area contributed by atoms with Crippen molar-refractivity contribution < 1.29 is 9.53 Å². The van der Waals surface area contributed by atoms with Gasteiger partial charge in [0.05, 0.1) is 16.6 Å². The van der Waals surface area contributed by atoms with Crippen LogP contribution in [0.1, 0.15) is 0 Å². The van der Waals surface area contributed by atoms with Crippen LogP contribution in [0.15, 0.2) is 41.7 Å². The number of carbonyl (C=O) groups excluding carboxylic acids is 1. The lowest BCUT2D eigenvalue weighted by molar-refractivity contribution is 0.144. The van der Waals surface area contributed by atoms with E-state index in [1.165, 1.54) is 11.5 Å². The molecule has 0 fully saturated rings. The van der Waals surface area contributed by atoms with Gasteiger partial charge in [-0.1, -0.05) is 29.7 Å². The fraction of sp³-hybridized carbons (Fsp3) is 0.231. The summed E-state index contributed by atoms with van der Waals surface area (Å²) in [7, 11) is 0. The van der Waals surface area contributed by atoms with Crippen LogP contribution in [0.3, 0.4) is 0 Å². The van der Waals surface area contributed by atoms with E-state index in [2.05, 4.69) is 11.9 Å². The highest BCUT2D eigenvalue weighted by atomic mass is 32.1. The molecule has 0 saturated carbocycles. The first-order valence-electron chi connectivity index (χ1n) is 5.82. The molecule has 2 aromatic rings. The summed E-state index contributed by atoms with van der Waals surface area (Å²) in [5.41, 5.74) is -0.0456. The molecule has 6 heteroatoms. The second-order valence-electron chi connectivity index (χ2n) is 3.80. The van der Waals surface area contributed by atoms with Crippen LogP contribution in [-0.4, -0.2) is 23.2 Å². The van der Waals surface area contributed by atoms with Gasteiger partial charge < -0.3 is 10.1 Å². The van der Waals surface area contributed by atoms with Crippen molar-refractivity contribution in [1.82, 2.24) is 9.27 Å². The molecule has 0 spiro atoms. The Balaban J connectivity index is 1.95. The molecule has 0 aliphatic carbocycles. The van der Waals surface area contributed by atoms with Crippen molar-refractivity contribution in [3.63, 3.8) is 0 Å². The fourth-order valence-electron chi connectivity index (χ4n) is 1.59. The summed E-state index contributed by atoms with van der Waals surface area (Å²) in [6, 6.07) is 7.42. The largest absolute Gasteiger partial charge is 0.448 e. The molecular weight excluding hydrogens is 264 g/mol. The first-order valence-corrected chi connectivity index (χ1v) is 6.60. The molecule has 1 N–H and O–H groups in total. The zero-order valence-corrected chi connectivity index (χ0v) is 11.1. The molecule has 0 unspecified atom stereocenters. The number of nitrogens with zero attached hydrogens (tertiary/aromatic N) is 1. The average molecular weight is 278 g/mol. The van der Waals surface area contributed by atoms with Gasteiger partial charge in [-0.25, -0.2) is 4.79 Å². The van der Waals surface area contributed by atoms with Crippen LogP contribution in [0.5, 0.6) is 0 Å². The molecule has 0 atom stereocenters. The van der Waals surface area contributed by atoms with Crippen molar-refractivity contribution in [2.75, 3.05) is 13.2 Å². The van der Waals surface area contributed by atoms with E-state index in [-0.39, 0.29) is 12.2 Å². The van der Waals surface area contributed by atoms with Crippen molar-refractivity contribution in [3.05, 3.63) is 47.3 Å². The first kappa shape index (κ1) is 13.4. The summed E-state index contributed by atoms with van der Waals surface area (Å²) in [4.78, 5) is 23.2. The summed E-state index contributed by atoms with van der Waals surface area (Å²) in [5, 5.41) is 3.19. The lowest BCUT2D eigenvalue weighted by Crippen LogP contribution is -2.26. The zero-order valence-electron chi connectivity index (χ0n) is 10.3. The number of carbonyl (C=O) groups is 1. The van der Waals surface area contributed by atoms with Gasteiger partial charge in [0.2, 0.25) is 0 Å². The zero-order chi connectivity index (χ0) is 13.7. The number of fused-ring (bicyclic) bond motifs is 1. The lowest BCUT2D eigenvalue weighted by Gasteiger charge is -2.04. The summed E-state index contributed by atoms with van der Waals surface area (Å²) in [5.74, 6) is 0. The second kappa shape index (κ2) is 6.19. The number of aromatic nitrogens is 1. The van der Waals surface area contributed by atoms with Gasteiger partial charge in [0.15, 0.2) is 0 Å². The van der Waals surface area contributed by atoms with Gasteiger partial charge in [-0.2, -0.15) is 0 Å². The Bertz CT molecular complexity index is 645. The van der Waals surface area contributed by atoms with Crippen LogP contribution < -0.4 is 10.9 Å². The number of rotatable bonds is 5. The molecule has 0 bridgehead atoms. The molecule has 0 aliphatic heterocycles. The molecule has 0 aliphatic rings. The van der Waals surface area contributed by atoms with Crippen LogP contribution in [0.4, 0.5) is 4.79 Å². The van der Waals surface area contributed by atoms with Gasteiger partial charge in [-0.15, -0.1) is 6.58 Å². The third kappa shape index (κ3) is 3.23. The highest BCUT2D eigenvalue weighted by Gasteiger charge is 2.07. The van der Waals surface area contributed by atoms with E-state index in [0.29, 0.717) is 18.5 Å². The van der Waals surface area contributed by atoms with Gasteiger partial charge in [-0.05, 0) is 12.1 Å². The van der Waals surface area contributed by atoms with Gasteiger partial charge in [0.25, 0.3) is 5.56 Å². The van der Waals surface area contributed by atoms with Gasteiger partial charge in [0, 0.05) is 6.54 Å². The lowest BCUT2D eigenvalue weighted by atomic mass is 10.3. The maximum atomic E-state index is 12.0. The Morgan fingerprint density at radius 3 is 3.00 bits per heavy atom. The highest BCUT2D eigenvalue weighted by molar-refractivity contribution is 7.13. The van der Waals surface area contributed by atoms with Gasteiger partial charge >= 0.3 is 6.09 Å². The van der Waals surface area contributed by atoms with E-state index in [4.69, 9.17) is 4.74 Å². The van der Waals surface area contributed by atoms with E-state index in [1.807, 2.05) is 18.2 Å². The minimum absolute atomic E-state index is 0.0456. The van der Waals surface area contributed by atoms with E-state index < -0.39 is 6.09 Å². The molecule has 0 radical (unpaired) electrons. The molecule has 0 saturated heterocycles. The van der Waals surface area contributed by atoms with Gasteiger partial charge in [0.1, 0.15) is 6.61 Å². The number of nitrogens with one attached hydrogen (secondary N) is 1. The number of hydrogen-bond donors (Lipinski definition) is 1. The molecule has 100 valence electrons. The minimum atomic E-state index is -0.505. The van der Waals surface area contributed by atoms with Crippen molar-refractivity contribution in [1.29, 1.82) is 0 Å². The molecule has 5 nitrogen and oxygen atoms in total. The van der Waals surface area contributed by atoms with Crippen LogP contribution in [0.25, 0.3) is 10.1 Å². The maximum Gasteiger partial charge on any atom is 0.407 e. The Morgan fingerprint density at radius 1 is 1.47 bits per heavy atom. The summed E-state index contributed by atoms with van der Waals surface area (Å²) < 4.78 is 7.47. The van der Waals surface area contributed by atoms with Gasteiger partial charge in [-0.3, -0.25) is 8.75 Å². The summed E-state index contributed by atoms with van der Waals surface area (Å²) >= 11 is 1.37. The number of amides is 1. The smallest absolute Gasteiger partial charge is 0.407 e. The molecule has 1 aromatic carbocycles. The standard InChI is InChI=1S/C13H14N2O3S/c1-2-7-14-13(17)18-9-8-15-12(16)10-5-3-4-6-11(10)19-15/h2-6H,1,7-9H2,(H,14,17). The van der Waals surface area contributed by atoms with Crippen LogP contribution in [0.2, 0.25) is 0 Å². The van der Waals surface area contributed by atoms with E-state index in [0.717, 1.165) is 4.70 Å². The maximum absolute atomic E-state index is 12.0. The van der Waals surface area contributed by atoms with Crippen molar-refractivity contribution in [2.45, 2.75) is 6.54 Å². The number of alkyl carbamates (subject to hydrolysis) is 1. The van der Waals surface area contributed by atoms with Crippen LogP contribution >= 0.6 is 11.5 Å². The Kier molecular flexibility index (Phi) is 4.35. The third-order valence-electron chi connectivity index (χ3n) is 2.47. The number of hydrogen-bond acceptors (Lipinski definition) is 4. The average Bonchev–Trinajstić information content (AvgIpc) is 2.74. The Hall–Kier alpha value is -2.08. The van der Waals surface area contributed by atoms with Crippen molar-refractivity contribution >= 4 is 27.7 Å². The predicted molar refractivity (Wildman–Crippen MR) is 75.6 cm³/mol. The highest BCUT2D eigenvalue weighted by Crippen LogP contribution is 2.15. The molecule has 1 amide bonds. The minimum Gasteiger partial charge on any atom is -0.448 e. The normalized spacial score (nSPS) is 10.3. The molecule has 1 aromatic heterocycles. The van der Waals surface area contributed by atoms with Crippen LogP contribution in [-0.2, 0) is 11.3 Å².